The maximum Gasteiger partial charge on any atom is 0.820 e. The Morgan fingerprint density at radius 3 is 1.43 bits per heavy atom. The lowest BCUT2D eigenvalue weighted by molar-refractivity contribution is -0.0495. The molecule has 0 fully saturated rings. The van der Waals surface area contributed by atoms with Crippen molar-refractivity contribution in [2.75, 3.05) is 0 Å². The van der Waals surface area contributed by atoms with Gasteiger partial charge in [0.2, 0.25) is 10.8 Å². The van der Waals surface area contributed by atoms with Gasteiger partial charge in [0.1, 0.15) is 11.5 Å². The molecule has 0 aliphatic carbocycles. The molecule has 0 aromatic heterocycles. The standard InChI is InChI=1S/C12H8BFN4O3/c14-21-13(19-11-5-1-9(17-15)2-6-11)20-12-7-3-10(18-16)4-8-12/h1-8H/q+2. The second kappa shape index (κ2) is 6.84. The van der Waals surface area contributed by atoms with Crippen molar-refractivity contribution in [3.05, 3.63) is 58.5 Å². The molecule has 2 rings (SSSR count). The van der Waals surface area contributed by atoms with Gasteiger partial charge in [0.15, 0.2) is 9.95 Å². The van der Waals surface area contributed by atoms with Crippen molar-refractivity contribution in [1.82, 2.24) is 0 Å². The summed E-state index contributed by atoms with van der Waals surface area (Å²) < 4.78 is 22.7. The highest BCUT2D eigenvalue weighted by Gasteiger charge is 2.29. The van der Waals surface area contributed by atoms with Crippen molar-refractivity contribution in [1.29, 1.82) is 10.8 Å². The van der Waals surface area contributed by atoms with Crippen LogP contribution in [0.3, 0.4) is 0 Å². The van der Waals surface area contributed by atoms with Crippen molar-refractivity contribution < 1.29 is 18.7 Å². The van der Waals surface area contributed by atoms with E-state index in [4.69, 9.17) is 20.1 Å². The van der Waals surface area contributed by atoms with Crippen LogP contribution in [0, 0.1) is 10.8 Å². The van der Waals surface area contributed by atoms with Crippen molar-refractivity contribution in [3.63, 3.8) is 0 Å². The third-order valence-corrected chi connectivity index (χ3v) is 2.44. The SMILES string of the molecule is N#[N+]c1ccc(OB(OF)Oc2ccc([N+]#N)cc2)cc1. The minimum absolute atomic E-state index is 0.257. The molecule has 0 atom stereocenters. The Bertz CT molecular complexity index is 622. The molecule has 0 aliphatic heterocycles. The van der Waals surface area contributed by atoms with E-state index in [9.17, 15) is 4.53 Å². The zero-order valence-electron chi connectivity index (χ0n) is 10.6. The minimum atomic E-state index is -1.61. The van der Waals surface area contributed by atoms with Crippen LogP contribution in [-0.2, 0) is 4.86 Å². The van der Waals surface area contributed by atoms with E-state index < -0.39 is 7.32 Å². The summed E-state index contributed by atoms with van der Waals surface area (Å²) in [7, 11) is -1.61. The quantitative estimate of drug-likeness (QED) is 0.612. The van der Waals surface area contributed by atoms with Gasteiger partial charge < -0.3 is 9.31 Å². The van der Waals surface area contributed by atoms with Crippen LogP contribution in [0.4, 0.5) is 15.9 Å². The van der Waals surface area contributed by atoms with Gasteiger partial charge in [-0.1, -0.05) is 4.53 Å². The summed E-state index contributed by atoms with van der Waals surface area (Å²) in [5.74, 6) is 0.513. The largest absolute Gasteiger partial charge is 0.820 e. The summed E-state index contributed by atoms with van der Waals surface area (Å²) in [6.07, 6.45) is 0. The Kier molecular flexibility index (Phi) is 4.64. The normalized spacial score (nSPS) is 9.29. The molecule has 9 heteroatoms. The third kappa shape index (κ3) is 3.90. The van der Waals surface area contributed by atoms with Crippen LogP contribution in [0.15, 0.2) is 48.5 Å². The highest BCUT2D eigenvalue weighted by Crippen LogP contribution is 2.21. The third-order valence-electron chi connectivity index (χ3n) is 2.44. The van der Waals surface area contributed by atoms with Crippen LogP contribution >= 0.6 is 0 Å². The molecule has 0 unspecified atom stereocenters. The van der Waals surface area contributed by atoms with Crippen molar-refractivity contribution >= 4 is 18.7 Å². The molecule has 0 saturated carbocycles. The molecule has 0 spiro atoms. The van der Waals surface area contributed by atoms with Crippen LogP contribution in [0.25, 0.3) is 9.95 Å². The number of halogens is 1. The molecule has 21 heavy (non-hydrogen) atoms. The van der Waals surface area contributed by atoms with Crippen LogP contribution in [-0.4, -0.2) is 7.32 Å². The van der Waals surface area contributed by atoms with E-state index in [0.29, 0.717) is 11.4 Å². The van der Waals surface area contributed by atoms with Gasteiger partial charge in [-0.15, -0.1) is 0 Å². The second-order valence-electron chi connectivity index (χ2n) is 3.80. The first-order valence-electron chi connectivity index (χ1n) is 5.76. The molecule has 102 valence electrons. The molecule has 0 amide bonds. The highest BCUT2D eigenvalue weighted by molar-refractivity contribution is 6.38. The molecule has 0 radical (unpaired) electrons. The molecular formula is C12H8BFN4O3+2. The van der Waals surface area contributed by atoms with Gasteiger partial charge in [0, 0.05) is 24.3 Å². The Labute approximate surface area is 119 Å². The van der Waals surface area contributed by atoms with Crippen LogP contribution in [0.2, 0.25) is 0 Å². The van der Waals surface area contributed by atoms with Gasteiger partial charge in [-0.2, -0.15) is 4.86 Å². The molecule has 0 N–H and O–H groups in total. The average molecular weight is 286 g/mol. The zero-order chi connectivity index (χ0) is 15.1. The Morgan fingerprint density at radius 1 is 0.762 bits per heavy atom. The monoisotopic (exact) mass is 286 g/mol. The topological polar surface area (TPSA) is 84.0 Å². The molecule has 7 nitrogen and oxygen atoms in total. The number of hydrogen-bond donors (Lipinski definition) is 0. The lowest BCUT2D eigenvalue weighted by Crippen LogP contribution is -2.31. The van der Waals surface area contributed by atoms with Crippen LogP contribution in [0.1, 0.15) is 0 Å². The van der Waals surface area contributed by atoms with Crippen LogP contribution in [0.5, 0.6) is 11.5 Å². The Balaban J connectivity index is 2.02. The highest BCUT2D eigenvalue weighted by atomic mass is 19.3. The van der Waals surface area contributed by atoms with Crippen LogP contribution < -0.4 is 9.31 Å². The number of hydrogen-bond acceptors (Lipinski definition) is 5. The van der Waals surface area contributed by atoms with E-state index in [2.05, 4.69) is 14.8 Å². The van der Waals surface area contributed by atoms with E-state index >= 15 is 0 Å². The Morgan fingerprint density at radius 2 is 1.14 bits per heavy atom. The second-order valence-corrected chi connectivity index (χ2v) is 3.80. The van der Waals surface area contributed by atoms with Gasteiger partial charge in [-0.25, -0.2) is 0 Å². The first-order chi connectivity index (χ1) is 10.2. The summed E-state index contributed by atoms with van der Waals surface area (Å²) in [4.78, 5) is 9.53. The average Bonchev–Trinajstić information content (AvgIpc) is 2.55. The van der Waals surface area contributed by atoms with Crippen molar-refractivity contribution in [2.24, 2.45) is 0 Å². The molecule has 0 bridgehead atoms. The van der Waals surface area contributed by atoms with E-state index in [1.165, 1.54) is 48.5 Å². The number of diazo groups is 2. The molecule has 2 aromatic carbocycles. The molecule has 0 heterocycles. The Hall–Kier alpha value is -3.17. The van der Waals surface area contributed by atoms with Gasteiger partial charge in [0.25, 0.3) is 0 Å². The van der Waals surface area contributed by atoms with Gasteiger partial charge in [0.05, 0.1) is 0 Å². The summed E-state index contributed by atoms with van der Waals surface area (Å²) in [6, 6.07) is 11.7. The van der Waals surface area contributed by atoms with E-state index in [-0.39, 0.29) is 11.5 Å². The fraction of sp³-hybridized carbons (Fsp3) is 0. The van der Waals surface area contributed by atoms with Gasteiger partial charge in [-0.3, -0.25) is 0 Å². The predicted octanol–water partition coefficient (Wildman–Crippen LogP) is 4.00. The summed E-state index contributed by atoms with van der Waals surface area (Å²) in [5.41, 5.74) is 0.647. The minimum Gasteiger partial charge on any atom is -0.499 e. The summed E-state index contributed by atoms with van der Waals surface area (Å²) >= 11 is 0. The lowest BCUT2D eigenvalue weighted by Gasteiger charge is -2.11. The predicted molar refractivity (Wildman–Crippen MR) is 71.6 cm³/mol. The van der Waals surface area contributed by atoms with E-state index in [1.54, 1.807) is 0 Å². The number of rotatable bonds is 5. The summed E-state index contributed by atoms with van der Waals surface area (Å²) in [6.45, 7) is 0. The fourth-order valence-corrected chi connectivity index (χ4v) is 1.47. The van der Waals surface area contributed by atoms with Gasteiger partial charge in [-0.05, 0) is 24.3 Å². The van der Waals surface area contributed by atoms with Crippen molar-refractivity contribution in [2.45, 2.75) is 0 Å². The molecule has 0 aliphatic rings. The molecular weight excluding hydrogens is 278 g/mol. The fourth-order valence-electron chi connectivity index (χ4n) is 1.47. The smallest absolute Gasteiger partial charge is 0.499 e. The molecule has 2 aromatic rings. The zero-order valence-corrected chi connectivity index (χ0v) is 10.6. The molecule has 0 saturated heterocycles. The lowest BCUT2D eigenvalue weighted by atomic mass is 10.2. The number of benzene rings is 2. The van der Waals surface area contributed by atoms with Crippen molar-refractivity contribution in [3.8, 4) is 11.5 Å². The van der Waals surface area contributed by atoms with E-state index in [0.717, 1.165) is 0 Å². The maximum atomic E-state index is 12.5. The maximum absolute atomic E-state index is 12.5. The first kappa shape index (κ1) is 14.2. The summed E-state index contributed by atoms with van der Waals surface area (Å²) in [5, 5.41) is 17.1. The van der Waals surface area contributed by atoms with Gasteiger partial charge >= 0.3 is 18.7 Å². The first-order valence-corrected chi connectivity index (χ1v) is 5.76. The van der Waals surface area contributed by atoms with E-state index in [1.807, 2.05) is 0 Å². The number of nitrogens with zero attached hydrogens (tertiary/aromatic N) is 4.